The Labute approximate surface area is 175 Å². The number of amides is 2. The van der Waals surface area contributed by atoms with Crippen molar-refractivity contribution < 1.29 is 27.8 Å². The Balaban J connectivity index is 1.67. The number of H-pyrrole nitrogens is 1. The SMILES string of the molecule is O=C(Nc1cc(Cl)ccc1OCC(F)(F)F)NC(CO)Cc1c[nH]c2ccccc12. The molecule has 0 aliphatic carbocycles. The van der Waals surface area contributed by atoms with Crippen molar-refractivity contribution in [2.24, 2.45) is 0 Å². The highest BCUT2D eigenvalue weighted by molar-refractivity contribution is 6.31. The summed E-state index contributed by atoms with van der Waals surface area (Å²) in [5, 5.41) is 15.9. The van der Waals surface area contributed by atoms with Crippen molar-refractivity contribution in [1.82, 2.24) is 10.3 Å². The highest BCUT2D eigenvalue weighted by Gasteiger charge is 2.29. The van der Waals surface area contributed by atoms with E-state index in [0.29, 0.717) is 6.42 Å². The summed E-state index contributed by atoms with van der Waals surface area (Å²) in [5.41, 5.74) is 1.81. The number of hydrogen-bond acceptors (Lipinski definition) is 3. The molecular formula is C20H19ClF3N3O3. The fourth-order valence-electron chi connectivity index (χ4n) is 2.96. The van der Waals surface area contributed by atoms with Gasteiger partial charge in [-0.25, -0.2) is 4.79 Å². The third-order valence-corrected chi connectivity index (χ3v) is 4.51. The van der Waals surface area contributed by atoms with Crippen molar-refractivity contribution in [2.75, 3.05) is 18.5 Å². The number of anilines is 1. The highest BCUT2D eigenvalue weighted by Crippen LogP contribution is 2.29. The van der Waals surface area contributed by atoms with Gasteiger partial charge in [0.25, 0.3) is 0 Å². The molecule has 0 saturated carbocycles. The van der Waals surface area contributed by atoms with Gasteiger partial charge in [-0.2, -0.15) is 13.2 Å². The zero-order valence-corrected chi connectivity index (χ0v) is 16.3. The molecule has 2 aromatic carbocycles. The monoisotopic (exact) mass is 441 g/mol. The molecular weight excluding hydrogens is 423 g/mol. The van der Waals surface area contributed by atoms with Crippen LogP contribution in [0.2, 0.25) is 5.02 Å². The van der Waals surface area contributed by atoms with E-state index in [0.717, 1.165) is 16.5 Å². The van der Waals surface area contributed by atoms with Crippen LogP contribution in [0.1, 0.15) is 5.56 Å². The van der Waals surface area contributed by atoms with Crippen LogP contribution in [0.25, 0.3) is 10.9 Å². The average Bonchev–Trinajstić information content (AvgIpc) is 3.09. The Morgan fingerprint density at radius 2 is 2.00 bits per heavy atom. The first-order chi connectivity index (χ1) is 14.2. The third-order valence-electron chi connectivity index (χ3n) is 4.28. The van der Waals surface area contributed by atoms with Crippen LogP contribution in [0, 0.1) is 0 Å². The molecule has 6 nitrogen and oxygen atoms in total. The van der Waals surface area contributed by atoms with E-state index in [9.17, 15) is 23.1 Å². The van der Waals surface area contributed by atoms with Gasteiger partial charge in [-0.1, -0.05) is 29.8 Å². The maximum atomic E-state index is 12.4. The van der Waals surface area contributed by atoms with Crippen LogP contribution in [0.15, 0.2) is 48.7 Å². The number of halogens is 4. The molecule has 1 heterocycles. The van der Waals surface area contributed by atoms with Crippen molar-refractivity contribution in [3.05, 3.63) is 59.2 Å². The van der Waals surface area contributed by atoms with Gasteiger partial charge in [-0.05, 0) is 36.2 Å². The Bertz CT molecular complexity index is 1020. The Kier molecular flexibility index (Phi) is 6.73. The number of rotatable bonds is 7. The molecule has 0 saturated heterocycles. The first-order valence-electron chi connectivity index (χ1n) is 8.97. The molecule has 0 bridgehead atoms. The second kappa shape index (κ2) is 9.27. The zero-order chi connectivity index (χ0) is 21.7. The van der Waals surface area contributed by atoms with Crippen LogP contribution in [0.3, 0.4) is 0 Å². The number of aromatic nitrogens is 1. The molecule has 4 N–H and O–H groups in total. The number of hydrogen-bond donors (Lipinski definition) is 4. The summed E-state index contributed by atoms with van der Waals surface area (Å²) in [6.07, 6.45) is -2.38. The lowest BCUT2D eigenvalue weighted by atomic mass is 10.1. The fourth-order valence-corrected chi connectivity index (χ4v) is 3.13. The van der Waals surface area contributed by atoms with Gasteiger partial charge in [0, 0.05) is 22.1 Å². The quantitative estimate of drug-likeness (QED) is 0.436. The normalized spacial score (nSPS) is 12.6. The molecule has 2 amide bonds. The first-order valence-corrected chi connectivity index (χ1v) is 9.35. The number of aliphatic hydroxyl groups excluding tert-OH is 1. The zero-order valence-electron chi connectivity index (χ0n) is 15.6. The topological polar surface area (TPSA) is 86.4 Å². The van der Waals surface area contributed by atoms with Gasteiger partial charge < -0.3 is 25.5 Å². The van der Waals surface area contributed by atoms with Crippen molar-refractivity contribution in [3.63, 3.8) is 0 Å². The molecule has 3 rings (SSSR count). The molecule has 1 atom stereocenters. The van der Waals surface area contributed by atoms with Gasteiger partial charge in [0.2, 0.25) is 0 Å². The molecule has 0 fully saturated rings. The number of fused-ring (bicyclic) bond motifs is 1. The molecule has 0 radical (unpaired) electrons. The van der Waals surface area contributed by atoms with E-state index >= 15 is 0 Å². The van der Waals surface area contributed by atoms with E-state index in [4.69, 9.17) is 16.3 Å². The maximum Gasteiger partial charge on any atom is 0.422 e. The average molecular weight is 442 g/mol. The number of ether oxygens (including phenoxy) is 1. The number of para-hydroxylation sites is 1. The van der Waals surface area contributed by atoms with Gasteiger partial charge in [0.05, 0.1) is 18.3 Å². The molecule has 0 aliphatic heterocycles. The number of benzene rings is 2. The molecule has 1 aromatic heterocycles. The number of urea groups is 1. The van der Waals surface area contributed by atoms with Crippen molar-refractivity contribution in [2.45, 2.75) is 18.6 Å². The Morgan fingerprint density at radius 3 is 2.73 bits per heavy atom. The number of carbonyl (C=O) groups is 1. The Morgan fingerprint density at radius 1 is 1.23 bits per heavy atom. The number of aliphatic hydroxyl groups is 1. The van der Waals surface area contributed by atoms with E-state index in [-0.39, 0.29) is 23.1 Å². The second-order valence-electron chi connectivity index (χ2n) is 6.59. The van der Waals surface area contributed by atoms with E-state index in [1.165, 1.54) is 18.2 Å². The number of nitrogens with one attached hydrogen (secondary N) is 3. The number of alkyl halides is 3. The van der Waals surface area contributed by atoms with Gasteiger partial charge in [-0.15, -0.1) is 0 Å². The van der Waals surface area contributed by atoms with Crippen molar-refractivity contribution in [1.29, 1.82) is 0 Å². The van der Waals surface area contributed by atoms with Crippen LogP contribution in [-0.2, 0) is 6.42 Å². The summed E-state index contributed by atoms with van der Waals surface area (Å²) in [7, 11) is 0. The lowest BCUT2D eigenvalue weighted by Gasteiger charge is -2.18. The summed E-state index contributed by atoms with van der Waals surface area (Å²) in [5.74, 6) is -0.177. The minimum Gasteiger partial charge on any atom is -0.482 e. The fraction of sp³-hybridized carbons (Fsp3) is 0.250. The van der Waals surface area contributed by atoms with Crippen LogP contribution in [0.5, 0.6) is 5.75 Å². The smallest absolute Gasteiger partial charge is 0.422 e. The summed E-state index contributed by atoms with van der Waals surface area (Å²) in [6, 6.07) is 10.1. The van der Waals surface area contributed by atoms with Crippen LogP contribution < -0.4 is 15.4 Å². The minimum absolute atomic E-state index is 0.0203. The molecule has 30 heavy (non-hydrogen) atoms. The summed E-state index contributed by atoms with van der Waals surface area (Å²) < 4.78 is 42.1. The first kappa shape index (κ1) is 21.8. The number of carbonyl (C=O) groups excluding carboxylic acids is 1. The van der Waals surface area contributed by atoms with E-state index < -0.39 is 24.9 Å². The third kappa shape index (κ3) is 5.80. The Hall–Kier alpha value is -2.91. The van der Waals surface area contributed by atoms with E-state index in [2.05, 4.69) is 15.6 Å². The second-order valence-corrected chi connectivity index (χ2v) is 7.02. The van der Waals surface area contributed by atoms with Crippen molar-refractivity contribution >= 4 is 34.2 Å². The lowest BCUT2D eigenvalue weighted by Crippen LogP contribution is -2.41. The van der Waals surface area contributed by atoms with Crippen LogP contribution >= 0.6 is 11.6 Å². The molecule has 0 spiro atoms. The molecule has 1 unspecified atom stereocenters. The van der Waals surface area contributed by atoms with Gasteiger partial charge in [-0.3, -0.25) is 0 Å². The van der Waals surface area contributed by atoms with E-state index in [1.807, 2.05) is 24.3 Å². The van der Waals surface area contributed by atoms with Gasteiger partial charge >= 0.3 is 12.2 Å². The van der Waals surface area contributed by atoms with Crippen molar-refractivity contribution in [3.8, 4) is 5.75 Å². The van der Waals surface area contributed by atoms with E-state index in [1.54, 1.807) is 6.20 Å². The van der Waals surface area contributed by atoms with Crippen LogP contribution in [-0.4, -0.2) is 41.6 Å². The molecule has 10 heteroatoms. The number of aromatic amines is 1. The molecule has 0 aliphatic rings. The predicted octanol–water partition coefficient (Wildman–Crippen LogP) is 4.49. The lowest BCUT2D eigenvalue weighted by molar-refractivity contribution is -0.153. The summed E-state index contributed by atoms with van der Waals surface area (Å²) in [6.45, 7) is -1.84. The van der Waals surface area contributed by atoms with Crippen LogP contribution in [0.4, 0.5) is 23.7 Å². The van der Waals surface area contributed by atoms with Gasteiger partial charge in [0.1, 0.15) is 5.75 Å². The highest BCUT2D eigenvalue weighted by atomic mass is 35.5. The molecule has 3 aromatic rings. The standard InChI is InChI=1S/C20H19ClF3N3O3/c21-13-5-6-18(30-11-20(22,23)24)17(8-13)27-19(29)26-14(10-28)7-12-9-25-16-4-2-1-3-15(12)16/h1-6,8-9,14,25,28H,7,10-11H2,(H2,26,27,29). The summed E-state index contributed by atoms with van der Waals surface area (Å²) >= 11 is 5.88. The summed E-state index contributed by atoms with van der Waals surface area (Å²) in [4.78, 5) is 15.5. The predicted molar refractivity (Wildman–Crippen MR) is 108 cm³/mol. The maximum absolute atomic E-state index is 12.4. The van der Waals surface area contributed by atoms with Gasteiger partial charge in [0.15, 0.2) is 6.61 Å². The minimum atomic E-state index is -4.53. The molecule has 160 valence electrons. The largest absolute Gasteiger partial charge is 0.482 e.